The van der Waals surface area contributed by atoms with Crippen LogP contribution in [0.1, 0.15) is 19.5 Å². The number of nitrogens with zero attached hydrogens (tertiary/aromatic N) is 1. The maximum Gasteiger partial charge on any atom is 0.100 e. The standard InChI is InChI=1S/C12H14BrNO/c1-12(2,15)11-10(13)8-6-4-5-7-9(8)14(11)3/h4-7,15H,1-3H3. The van der Waals surface area contributed by atoms with E-state index in [1.807, 2.05) is 23.7 Å². The van der Waals surface area contributed by atoms with E-state index in [0.717, 1.165) is 21.1 Å². The van der Waals surface area contributed by atoms with E-state index in [1.165, 1.54) is 0 Å². The van der Waals surface area contributed by atoms with Crippen molar-refractivity contribution in [3.05, 3.63) is 34.4 Å². The first-order chi connectivity index (χ1) is 6.93. The summed E-state index contributed by atoms with van der Waals surface area (Å²) in [7, 11) is 1.97. The maximum atomic E-state index is 10.1. The molecule has 1 aromatic carbocycles. The molecule has 1 aromatic heterocycles. The number of aromatic nitrogens is 1. The highest BCUT2D eigenvalue weighted by molar-refractivity contribution is 9.10. The van der Waals surface area contributed by atoms with Crippen LogP contribution in [0, 0.1) is 0 Å². The lowest BCUT2D eigenvalue weighted by Crippen LogP contribution is -2.20. The van der Waals surface area contributed by atoms with E-state index in [2.05, 4.69) is 28.1 Å². The van der Waals surface area contributed by atoms with Crippen molar-refractivity contribution in [3.8, 4) is 0 Å². The van der Waals surface area contributed by atoms with Gasteiger partial charge >= 0.3 is 0 Å². The van der Waals surface area contributed by atoms with Gasteiger partial charge in [0, 0.05) is 22.4 Å². The zero-order chi connectivity index (χ0) is 11.2. The van der Waals surface area contributed by atoms with Crippen LogP contribution in [0.15, 0.2) is 28.7 Å². The molecule has 0 saturated heterocycles. The van der Waals surface area contributed by atoms with E-state index in [0.29, 0.717) is 0 Å². The van der Waals surface area contributed by atoms with Gasteiger partial charge in [-0.1, -0.05) is 18.2 Å². The van der Waals surface area contributed by atoms with E-state index in [-0.39, 0.29) is 0 Å². The van der Waals surface area contributed by atoms with Gasteiger partial charge in [-0.2, -0.15) is 0 Å². The lowest BCUT2D eigenvalue weighted by Gasteiger charge is -2.19. The van der Waals surface area contributed by atoms with Gasteiger partial charge in [-0.05, 0) is 35.8 Å². The quantitative estimate of drug-likeness (QED) is 0.844. The maximum absolute atomic E-state index is 10.1. The molecule has 0 amide bonds. The van der Waals surface area contributed by atoms with E-state index >= 15 is 0 Å². The second-order valence-electron chi connectivity index (χ2n) is 4.30. The Kier molecular flexibility index (Phi) is 2.40. The molecule has 0 atom stereocenters. The monoisotopic (exact) mass is 267 g/mol. The van der Waals surface area contributed by atoms with Crippen molar-refractivity contribution in [1.82, 2.24) is 4.57 Å². The molecule has 0 unspecified atom stereocenters. The first-order valence-corrected chi connectivity index (χ1v) is 5.68. The summed E-state index contributed by atoms with van der Waals surface area (Å²) in [4.78, 5) is 0. The van der Waals surface area contributed by atoms with Crippen molar-refractivity contribution in [2.75, 3.05) is 0 Å². The predicted molar refractivity (Wildman–Crippen MR) is 65.9 cm³/mol. The average molecular weight is 268 g/mol. The van der Waals surface area contributed by atoms with Crippen LogP contribution >= 0.6 is 15.9 Å². The Morgan fingerprint density at radius 1 is 1.27 bits per heavy atom. The van der Waals surface area contributed by atoms with Crippen molar-refractivity contribution >= 4 is 26.8 Å². The third-order valence-corrected chi connectivity index (χ3v) is 3.43. The summed E-state index contributed by atoms with van der Waals surface area (Å²) < 4.78 is 3.01. The highest BCUT2D eigenvalue weighted by Gasteiger charge is 2.25. The summed E-state index contributed by atoms with van der Waals surface area (Å²) in [6.07, 6.45) is 0. The van der Waals surface area contributed by atoms with Crippen molar-refractivity contribution in [2.45, 2.75) is 19.4 Å². The zero-order valence-electron chi connectivity index (χ0n) is 9.08. The molecule has 0 aliphatic heterocycles. The molecule has 80 valence electrons. The van der Waals surface area contributed by atoms with Crippen molar-refractivity contribution in [1.29, 1.82) is 0 Å². The second kappa shape index (κ2) is 3.35. The zero-order valence-corrected chi connectivity index (χ0v) is 10.7. The normalized spacial score (nSPS) is 12.3. The fourth-order valence-corrected chi connectivity index (χ4v) is 3.11. The first-order valence-electron chi connectivity index (χ1n) is 4.88. The van der Waals surface area contributed by atoms with Gasteiger partial charge in [-0.3, -0.25) is 0 Å². The van der Waals surface area contributed by atoms with Crippen molar-refractivity contribution < 1.29 is 5.11 Å². The third kappa shape index (κ3) is 1.60. The average Bonchev–Trinajstić information content (AvgIpc) is 2.39. The van der Waals surface area contributed by atoms with Gasteiger partial charge in [0.1, 0.15) is 5.60 Å². The van der Waals surface area contributed by atoms with Gasteiger partial charge in [0.25, 0.3) is 0 Å². The predicted octanol–water partition coefficient (Wildman–Crippen LogP) is 3.17. The van der Waals surface area contributed by atoms with Gasteiger partial charge in [0.15, 0.2) is 0 Å². The molecule has 1 N–H and O–H groups in total. The van der Waals surface area contributed by atoms with Gasteiger partial charge < -0.3 is 9.67 Å². The lowest BCUT2D eigenvalue weighted by molar-refractivity contribution is 0.0704. The minimum absolute atomic E-state index is 0.841. The highest BCUT2D eigenvalue weighted by Crippen LogP contribution is 2.36. The topological polar surface area (TPSA) is 25.2 Å². The summed E-state index contributed by atoms with van der Waals surface area (Å²) >= 11 is 3.56. The van der Waals surface area contributed by atoms with E-state index < -0.39 is 5.60 Å². The Labute approximate surface area is 97.7 Å². The minimum Gasteiger partial charge on any atom is -0.384 e. The Bertz CT molecular complexity index is 469. The summed E-state index contributed by atoms with van der Waals surface area (Å²) in [5.74, 6) is 0. The highest BCUT2D eigenvalue weighted by atomic mass is 79.9. The molecule has 0 fully saturated rings. The smallest absolute Gasteiger partial charge is 0.100 e. The minimum atomic E-state index is -0.841. The molecule has 15 heavy (non-hydrogen) atoms. The Balaban J connectivity index is 2.87. The number of fused-ring (bicyclic) bond motifs is 1. The van der Waals surface area contributed by atoms with E-state index in [9.17, 15) is 5.11 Å². The molecule has 1 heterocycles. The molecule has 0 aliphatic rings. The number of hydrogen-bond donors (Lipinski definition) is 1. The molecule has 0 radical (unpaired) electrons. The number of para-hydroxylation sites is 1. The number of aliphatic hydroxyl groups is 1. The largest absolute Gasteiger partial charge is 0.384 e. The SMILES string of the molecule is Cn1c(C(C)(C)O)c(Br)c2ccccc21. The van der Waals surface area contributed by atoms with Crippen LogP contribution in [0.5, 0.6) is 0 Å². The Hall–Kier alpha value is -0.800. The fourth-order valence-electron chi connectivity index (χ4n) is 2.03. The van der Waals surface area contributed by atoms with Crippen LogP contribution in [0.4, 0.5) is 0 Å². The van der Waals surface area contributed by atoms with Crippen molar-refractivity contribution in [3.63, 3.8) is 0 Å². The number of halogens is 1. The van der Waals surface area contributed by atoms with Crippen LogP contribution in [0.25, 0.3) is 10.9 Å². The number of rotatable bonds is 1. The summed E-state index contributed by atoms with van der Waals surface area (Å²) in [6, 6.07) is 8.11. The van der Waals surface area contributed by atoms with Crippen molar-refractivity contribution in [2.24, 2.45) is 7.05 Å². The van der Waals surface area contributed by atoms with Gasteiger partial charge in [0.2, 0.25) is 0 Å². The molecule has 2 rings (SSSR count). The fraction of sp³-hybridized carbons (Fsp3) is 0.333. The first kappa shape index (κ1) is 10.7. The van der Waals surface area contributed by atoms with Crippen LogP contribution in [0.2, 0.25) is 0 Å². The van der Waals surface area contributed by atoms with E-state index in [1.54, 1.807) is 13.8 Å². The lowest BCUT2D eigenvalue weighted by atomic mass is 10.1. The third-order valence-electron chi connectivity index (χ3n) is 2.62. The number of benzene rings is 1. The second-order valence-corrected chi connectivity index (χ2v) is 5.09. The Morgan fingerprint density at radius 2 is 1.87 bits per heavy atom. The molecule has 0 aliphatic carbocycles. The molecule has 0 saturated carbocycles. The van der Waals surface area contributed by atoms with Crippen LogP contribution in [-0.4, -0.2) is 9.67 Å². The molecule has 2 aromatic rings. The Morgan fingerprint density at radius 3 is 2.40 bits per heavy atom. The van der Waals surface area contributed by atoms with Gasteiger partial charge in [0.05, 0.1) is 5.69 Å². The van der Waals surface area contributed by atoms with Crippen LogP contribution in [0.3, 0.4) is 0 Å². The molecule has 2 nitrogen and oxygen atoms in total. The van der Waals surface area contributed by atoms with Gasteiger partial charge in [-0.15, -0.1) is 0 Å². The van der Waals surface area contributed by atoms with Gasteiger partial charge in [-0.25, -0.2) is 0 Å². The van der Waals surface area contributed by atoms with E-state index in [4.69, 9.17) is 0 Å². The molecule has 0 bridgehead atoms. The number of aryl methyl sites for hydroxylation is 1. The summed E-state index contributed by atoms with van der Waals surface area (Å²) in [5, 5.41) is 11.2. The van der Waals surface area contributed by atoms with Crippen LogP contribution in [-0.2, 0) is 12.6 Å². The van der Waals surface area contributed by atoms with Crippen LogP contribution < -0.4 is 0 Å². The molecule has 0 spiro atoms. The number of hydrogen-bond acceptors (Lipinski definition) is 1. The molecule has 3 heteroatoms. The summed E-state index contributed by atoms with van der Waals surface area (Å²) in [6.45, 7) is 3.60. The molecular formula is C12H14BrNO. The summed E-state index contributed by atoms with van der Waals surface area (Å²) in [5.41, 5.74) is 1.19. The molecular weight excluding hydrogens is 254 g/mol.